The van der Waals surface area contributed by atoms with Gasteiger partial charge in [-0.2, -0.15) is 0 Å². The van der Waals surface area contributed by atoms with Gasteiger partial charge in [-0.25, -0.2) is 0 Å². The number of fused-ring (bicyclic) bond motifs is 1. The molecule has 37 heavy (non-hydrogen) atoms. The summed E-state index contributed by atoms with van der Waals surface area (Å²) in [5.41, 5.74) is 5.81. The van der Waals surface area contributed by atoms with E-state index < -0.39 is 17.5 Å². The van der Waals surface area contributed by atoms with Crippen molar-refractivity contribution >= 4 is 34.7 Å². The van der Waals surface area contributed by atoms with Crippen LogP contribution in [0.15, 0.2) is 60.7 Å². The Hall–Kier alpha value is -0.317. The van der Waals surface area contributed by atoms with Gasteiger partial charge in [0.05, 0.1) is 0 Å². The second-order valence-electron chi connectivity index (χ2n) is 12.0. The quantitative estimate of drug-likeness (QED) is 0.225. The van der Waals surface area contributed by atoms with Gasteiger partial charge < -0.3 is 0 Å². The standard InChI is InChI=1S/C18H33P.C15H10.2ClH.Ru/c1-4-10-16(11-5-1)19(17-12-6-2-7-13-17)18-14-8-3-9-15-18;1-2-6-12(7-3-1)15-11-10-13-8-4-5-9-14(13)15;;;/h16-18H,1-15H2;1-9,11H;2*1H;/q;;;;+1/p-1. The van der Waals surface area contributed by atoms with E-state index >= 15 is 0 Å². The van der Waals surface area contributed by atoms with Crippen LogP contribution in [0.3, 0.4) is 0 Å². The molecule has 2 aromatic rings. The molecule has 0 unspecified atom stereocenters. The van der Waals surface area contributed by atoms with Gasteiger partial charge in [-0.05, 0) is 0 Å². The molecule has 203 valence electrons. The van der Waals surface area contributed by atoms with Crippen LogP contribution in [0, 0.1) is 0 Å². The number of hydrogen-bond acceptors (Lipinski definition) is 0. The summed E-state index contributed by atoms with van der Waals surface area (Å²) in [4.78, 5) is 0. The molecule has 2 aromatic carbocycles. The number of halogens is 2. The second-order valence-corrected chi connectivity index (χ2v) is 34.9. The first kappa shape index (κ1) is 26.9. The first-order chi connectivity index (χ1) is 18.1. The molecule has 0 bridgehead atoms. The molecule has 0 amide bonds. The summed E-state index contributed by atoms with van der Waals surface area (Å²) < 4.78 is 1.42. The number of rotatable bonds is 5. The zero-order chi connectivity index (χ0) is 25.3. The second kappa shape index (κ2) is 11.7. The number of hydrogen-bond donors (Lipinski definition) is 0. The normalized spacial score (nSPS) is 23.5. The number of allylic oxidation sites excluding steroid dienone is 1. The summed E-state index contributed by atoms with van der Waals surface area (Å²) in [7, 11) is 16.7. The molecule has 0 nitrogen and oxygen atoms in total. The van der Waals surface area contributed by atoms with Gasteiger partial charge in [0.15, 0.2) is 0 Å². The maximum atomic E-state index is 8.36. The van der Waals surface area contributed by atoms with Crippen molar-refractivity contribution in [1.29, 1.82) is 0 Å². The van der Waals surface area contributed by atoms with E-state index in [9.17, 15) is 0 Å². The SMILES string of the molecule is [Cl][Ru]([Cl])(=[C]1C=C(c2ccccc2)c2ccccc21)[PH](C1CCCCC1)(C1CCCCC1)C1CCCCC1. The van der Waals surface area contributed by atoms with E-state index in [4.69, 9.17) is 19.4 Å². The van der Waals surface area contributed by atoms with Crippen LogP contribution in [0.5, 0.6) is 0 Å². The summed E-state index contributed by atoms with van der Waals surface area (Å²) in [5, 5.41) is 0. The molecular formula is C33H44Cl2PRu. The predicted octanol–water partition coefficient (Wildman–Crippen LogP) is 10.8. The van der Waals surface area contributed by atoms with Crippen molar-refractivity contribution in [2.24, 2.45) is 0 Å². The molecule has 0 saturated heterocycles. The van der Waals surface area contributed by atoms with Crippen LogP contribution in [0.1, 0.15) is 113 Å². The van der Waals surface area contributed by atoms with Crippen molar-refractivity contribution < 1.29 is 11.9 Å². The molecule has 0 radical (unpaired) electrons. The first-order valence-electron chi connectivity index (χ1n) is 15.0. The van der Waals surface area contributed by atoms with Crippen molar-refractivity contribution in [2.75, 3.05) is 0 Å². The Morgan fingerprint density at radius 1 is 0.541 bits per heavy atom. The van der Waals surface area contributed by atoms with Crippen molar-refractivity contribution in [1.82, 2.24) is 0 Å². The molecule has 4 aliphatic carbocycles. The van der Waals surface area contributed by atoms with E-state index in [1.165, 1.54) is 123 Å². The van der Waals surface area contributed by atoms with Crippen molar-refractivity contribution in [3.05, 3.63) is 77.4 Å². The van der Waals surface area contributed by atoms with Crippen LogP contribution in [0.4, 0.5) is 0 Å². The average molecular weight is 644 g/mol. The predicted molar refractivity (Wildman–Crippen MR) is 165 cm³/mol. The number of benzene rings is 2. The van der Waals surface area contributed by atoms with Crippen molar-refractivity contribution in [2.45, 2.75) is 113 Å². The third kappa shape index (κ3) is 4.82. The first-order valence-corrected chi connectivity index (χ1v) is 25.0. The molecule has 4 heteroatoms. The minimum atomic E-state index is -3.28. The Labute approximate surface area is 235 Å². The molecule has 0 aromatic heterocycles. The summed E-state index contributed by atoms with van der Waals surface area (Å²) >= 11 is -3.28. The fraction of sp³-hybridized carbons (Fsp3) is 0.545. The molecular weight excluding hydrogens is 599 g/mol. The van der Waals surface area contributed by atoms with E-state index in [1.54, 1.807) is 0 Å². The van der Waals surface area contributed by atoms with Gasteiger partial charge in [0.1, 0.15) is 0 Å². The average Bonchev–Trinajstić information content (AvgIpc) is 3.36. The van der Waals surface area contributed by atoms with Crippen LogP contribution >= 0.6 is 25.0 Å². The fourth-order valence-corrected chi connectivity index (χ4v) is 46.1. The maximum absolute atomic E-state index is 8.36. The van der Waals surface area contributed by atoms with Gasteiger partial charge in [-0.1, -0.05) is 0 Å². The van der Waals surface area contributed by atoms with Gasteiger partial charge in [-0.3, -0.25) is 0 Å². The zero-order valence-corrected chi connectivity index (χ0v) is 26.5. The van der Waals surface area contributed by atoms with E-state index in [2.05, 4.69) is 60.7 Å². The van der Waals surface area contributed by atoms with Gasteiger partial charge >= 0.3 is 237 Å². The Morgan fingerprint density at radius 2 is 0.973 bits per heavy atom. The summed E-state index contributed by atoms with van der Waals surface area (Å²) in [5.74, 6) is 0. The van der Waals surface area contributed by atoms with Crippen LogP contribution in [0.2, 0.25) is 0 Å². The molecule has 4 aliphatic rings. The van der Waals surface area contributed by atoms with Crippen LogP contribution in [0.25, 0.3) is 5.57 Å². The topological polar surface area (TPSA) is 0 Å². The van der Waals surface area contributed by atoms with Gasteiger partial charge in [0, 0.05) is 0 Å². The van der Waals surface area contributed by atoms with E-state index in [0.29, 0.717) is 0 Å². The van der Waals surface area contributed by atoms with Gasteiger partial charge in [-0.15, -0.1) is 0 Å². The molecule has 3 saturated carbocycles. The van der Waals surface area contributed by atoms with E-state index in [0.717, 1.165) is 17.0 Å². The fourth-order valence-electron chi connectivity index (χ4n) is 8.56. The van der Waals surface area contributed by atoms with Crippen molar-refractivity contribution in [3.8, 4) is 0 Å². The molecule has 6 rings (SSSR count). The van der Waals surface area contributed by atoms with Crippen molar-refractivity contribution in [3.63, 3.8) is 0 Å². The Balaban J connectivity index is 1.62. The molecule has 0 aliphatic heterocycles. The molecule has 0 heterocycles. The third-order valence-electron chi connectivity index (χ3n) is 10.1. The summed E-state index contributed by atoms with van der Waals surface area (Å²) in [6, 6.07) is 20.0. The zero-order valence-electron chi connectivity index (χ0n) is 22.2. The third-order valence-corrected chi connectivity index (χ3v) is 41.3. The van der Waals surface area contributed by atoms with Gasteiger partial charge in [0.2, 0.25) is 0 Å². The molecule has 0 N–H and O–H groups in total. The summed E-state index contributed by atoms with van der Waals surface area (Å²) in [6.07, 6.45) is 23.6. The monoisotopic (exact) mass is 643 g/mol. The van der Waals surface area contributed by atoms with Crippen LogP contribution in [-0.2, 0) is 11.9 Å². The van der Waals surface area contributed by atoms with Crippen LogP contribution in [-0.4, -0.2) is 21.1 Å². The minimum absolute atomic E-state index is 0.836. The van der Waals surface area contributed by atoms with E-state index in [-0.39, 0.29) is 0 Å². The Bertz CT molecular complexity index is 1120. The molecule has 0 spiro atoms. The Morgan fingerprint density at radius 3 is 1.46 bits per heavy atom. The van der Waals surface area contributed by atoms with Crippen LogP contribution < -0.4 is 0 Å². The summed E-state index contributed by atoms with van der Waals surface area (Å²) in [6.45, 7) is 0. The van der Waals surface area contributed by atoms with E-state index in [1.807, 2.05) is 0 Å². The Kier molecular flexibility index (Phi) is 8.47. The molecule has 0 atom stereocenters. The van der Waals surface area contributed by atoms with Gasteiger partial charge in [0.25, 0.3) is 0 Å². The molecule has 3 fully saturated rings.